The van der Waals surface area contributed by atoms with Gasteiger partial charge in [-0.05, 0) is 18.2 Å². The van der Waals surface area contributed by atoms with Crippen molar-refractivity contribution in [3.05, 3.63) is 36.1 Å². The van der Waals surface area contributed by atoms with Crippen LogP contribution in [-0.2, 0) is 0 Å². The highest BCUT2D eigenvalue weighted by Gasteiger charge is 2.12. The lowest BCUT2D eigenvalue weighted by molar-refractivity contribution is 0.632. The third kappa shape index (κ3) is 2.26. The van der Waals surface area contributed by atoms with Crippen molar-refractivity contribution in [3.8, 4) is 11.3 Å². The van der Waals surface area contributed by atoms with Gasteiger partial charge < -0.3 is 11.1 Å². The molecule has 0 saturated carbocycles. The van der Waals surface area contributed by atoms with Crippen LogP contribution in [0.5, 0.6) is 0 Å². The molecule has 0 aliphatic heterocycles. The number of benzene rings is 1. The maximum Gasteiger partial charge on any atom is 0.224 e. The Balaban J connectivity index is 2.27. The van der Waals surface area contributed by atoms with Crippen LogP contribution in [0.3, 0.4) is 0 Å². The number of anilines is 2. The fourth-order valence-electron chi connectivity index (χ4n) is 2.17. The molecule has 0 atom stereocenters. The molecule has 5 nitrogen and oxygen atoms in total. The maximum atomic E-state index is 14.0. The molecule has 0 bridgehead atoms. The Hall–Kier alpha value is -2.70. The molecule has 7 heteroatoms. The Morgan fingerprint density at radius 3 is 2.67 bits per heavy atom. The van der Waals surface area contributed by atoms with E-state index in [9.17, 15) is 4.39 Å². The number of pyridine rings is 1. The molecule has 0 unspecified atom stereocenters. The number of nitrogens with one attached hydrogen (secondary N) is 1. The van der Waals surface area contributed by atoms with Crippen molar-refractivity contribution < 1.29 is 4.39 Å². The van der Waals surface area contributed by atoms with E-state index in [0.717, 1.165) is 0 Å². The van der Waals surface area contributed by atoms with Gasteiger partial charge in [-0.2, -0.15) is 9.97 Å². The third-order valence-electron chi connectivity index (χ3n) is 3.12. The van der Waals surface area contributed by atoms with Gasteiger partial charge in [-0.25, -0.2) is 9.37 Å². The van der Waals surface area contributed by atoms with Gasteiger partial charge in [0, 0.05) is 12.6 Å². The van der Waals surface area contributed by atoms with Crippen molar-refractivity contribution >= 4 is 36.1 Å². The Labute approximate surface area is 121 Å². The molecule has 0 fully saturated rings. The molecule has 21 heavy (non-hydrogen) atoms. The monoisotopic (exact) mass is 279 g/mol. The summed E-state index contributed by atoms with van der Waals surface area (Å²) < 4.78 is 14.0. The normalized spacial score (nSPS) is 10.8. The van der Waals surface area contributed by atoms with Gasteiger partial charge in [0.05, 0.1) is 11.1 Å². The van der Waals surface area contributed by atoms with E-state index < -0.39 is 5.82 Å². The molecule has 3 rings (SSSR count). The molecular weight excluding hydrogens is 268 g/mol. The van der Waals surface area contributed by atoms with Gasteiger partial charge in [-0.3, -0.25) is 0 Å². The van der Waals surface area contributed by atoms with Crippen LogP contribution in [0.15, 0.2) is 30.3 Å². The van der Waals surface area contributed by atoms with E-state index in [1.165, 1.54) is 6.07 Å². The number of aromatic nitrogens is 3. The Morgan fingerprint density at radius 2 is 1.95 bits per heavy atom. The molecule has 2 heterocycles. The van der Waals surface area contributed by atoms with E-state index in [2.05, 4.69) is 20.3 Å². The number of hydrogen-bond donors (Lipinski definition) is 2. The fraction of sp³-hybridized carbons (Fsp3) is 0.0714. The number of hydrogen-bond acceptors (Lipinski definition) is 5. The molecule has 3 aromatic rings. The molecule has 0 amide bonds. The van der Waals surface area contributed by atoms with Gasteiger partial charge in [0.25, 0.3) is 0 Å². The van der Waals surface area contributed by atoms with Crippen molar-refractivity contribution in [1.29, 1.82) is 0 Å². The van der Waals surface area contributed by atoms with E-state index >= 15 is 0 Å². The van der Waals surface area contributed by atoms with Crippen molar-refractivity contribution in [2.24, 2.45) is 0 Å². The number of fused-ring (bicyclic) bond motifs is 1. The SMILES string of the molecule is [B]c1cccc(F)c1-c1ccc2c(NC)nc(N)nc2n1. The summed E-state index contributed by atoms with van der Waals surface area (Å²) in [5.74, 6) is 0.230. The van der Waals surface area contributed by atoms with Gasteiger partial charge in [0.2, 0.25) is 5.95 Å². The second-order valence-corrected chi connectivity index (χ2v) is 4.45. The minimum atomic E-state index is -0.433. The average molecular weight is 279 g/mol. The van der Waals surface area contributed by atoms with Gasteiger partial charge in [-0.15, -0.1) is 0 Å². The molecule has 2 aromatic heterocycles. The van der Waals surface area contributed by atoms with Crippen LogP contribution >= 0.6 is 0 Å². The van der Waals surface area contributed by atoms with Crippen LogP contribution in [0.2, 0.25) is 0 Å². The molecular formula is C14H11BFN5. The van der Waals surface area contributed by atoms with E-state index in [-0.39, 0.29) is 11.5 Å². The van der Waals surface area contributed by atoms with Crippen LogP contribution in [0.25, 0.3) is 22.3 Å². The van der Waals surface area contributed by atoms with E-state index in [0.29, 0.717) is 28.0 Å². The summed E-state index contributed by atoms with van der Waals surface area (Å²) in [6.45, 7) is 0. The first-order valence-electron chi connectivity index (χ1n) is 6.26. The predicted molar refractivity (Wildman–Crippen MR) is 82.1 cm³/mol. The van der Waals surface area contributed by atoms with Crippen molar-refractivity contribution in [3.63, 3.8) is 0 Å². The standard InChI is InChI=1S/C14H11BFN5/c1-18-12-7-5-6-10(19-13(7)21-14(17)20-12)11-8(15)3-2-4-9(11)16/h2-6H,1H3,(H3,17,18,19,20,21). The van der Waals surface area contributed by atoms with Crippen LogP contribution in [-0.4, -0.2) is 29.8 Å². The zero-order valence-electron chi connectivity index (χ0n) is 11.3. The first-order valence-corrected chi connectivity index (χ1v) is 6.26. The largest absolute Gasteiger partial charge is 0.372 e. The van der Waals surface area contributed by atoms with Gasteiger partial charge in [0.1, 0.15) is 19.5 Å². The van der Waals surface area contributed by atoms with Gasteiger partial charge in [0.15, 0.2) is 5.65 Å². The minimum Gasteiger partial charge on any atom is -0.372 e. The highest BCUT2D eigenvalue weighted by molar-refractivity contribution is 6.35. The summed E-state index contributed by atoms with van der Waals surface area (Å²) in [4.78, 5) is 12.5. The highest BCUT2D eigenvalue weighted by Crippen LogP contribution is 2.24. The maximum absolute atomic E-state index is 14.0. The number of nitrogens with zero attached hydrogens (tertiary/aromatic N) is 3. The first-order chi connectivity index (χ1) is 10.1. The van der Waals surface area contributed by atoms with Gasteiger partial charge in [-0.1, -0.05) is 17.6 Å². The van der Waals surface area contributed by atoms with Crippen molar-refractivity contribution in [2.75, 3.05) is 18.1 Å². The zero-order chi connectivity index (χ0) is 15.0. The molecule has 0 spiro atoms. The molecule has 102 valence electrons. The zero-order valence-corrected chi connectivity index (χ0v) is 11.3. The lowest BCUT2D eigenvalue weighted by atomic mass is 9.88. The predicted octanol–water partition coefficient (Wildman–Crippen LogP) is 1.25. The van der Waals surface area contributed by atoms with Gasteiger partial charge >= 0.3 is 0 Å². The van der Waals surface area contributed by atoms with Crippen molar-refractivity contribution in [2.45, 2.75) is 0 Å². The number of rotatable bonds is 2. The van der Waals surface area contributed by atoms with E-state index in [1.807, 2.05) is 0 Å². The van der Waals surface area contributed by atoms with Crippen LogP contribution < -0.4 is 16.5 Å². The highest BCUT2D eigenvalue weighted by atomic mass is 19.1. The molecule has 0 aliphatic carbocycles. The molecule has 0 saturated heterocycles. The fourth-order valence-corrected chi connectivity index (χ4v) is 2.17. The second kappa shape index (κ2) is 5.01. The summed E-state index contributed by atoms with van der Waals surface area (Å²) in [6.07, 6.45) is 0. The summed E-state index contributed by atoms with van der Waals surface area (Å²) >= 11 is 0. The summed E-state index contributed by atoms with van der Waals surface area (Å²) in [5, 5.41) is 3.62. The lowest BCUT2D eigenvalue weighted by Crippen LogP contribution is -2.10. The Morgan fingerprint density at radius 1 is 1.14 bits per heavy atom. The molecule has 0 aliphatic rings. The van der Waals surface area contributed by atoms with E-state index in [1.54, 1.807) is 31.3 Å². The summed E-state index contributed by atoms with van der Waals surface area (Å²) in [5.41, 5.74) is 7.00. The average Bonchev–Trinajstić information content (AvgIpc) is 2.45. The smallest absolute Gasteiger partial charge is 0.224 e. The Bertz CT molecular complexity index is 817. The number of nitrogen functional groups attached to an aromatic ring is 1. The minimum absolute atomic E-state index is 0.0954. The molecule has 3 N–H and O–H groups in total. The topological polar surface area (TPSA) is 76.7 Å². The third-order valence-corrected chi connectivity index (χ3v) is 3.12. The summed E-state index contributed by atoms with van der Waals surface area (Å²) in [6, 6.07) is 7.95. The van der Waals surface area contributed by atoms with Crippen LogP contribution in [0, 0.1) is 5.82 Å². The first kappa shape index (κ1) is 13.3. The molecule has 1 aromatic carbocycles. The number of nitrogens with two attached hydrogens (primary N) is 1. The molecule has 2 radical (unpaired) electrons. The Kier molecular flexibility index (Phi) is 3.17. The lowest BCUT2D eigenvalue weighted by Gasteiger charge is -2.09. The summed E-state index contributed by atoms with van der Waals surface area (Å²) in [7, 11) is 7.56. The van der Waals surface area contributed by atoms with E-state index in [4.69, 9.17) is 13.6 Å². The quantitative estimate of drug-likeness (QED) is 0.690. The van der Waals surface area contributed by atoms with Crippen LogP contribution in [0.1, 0.15) is 0 Å². The second-order valence-electron chi connectivity index (χ2n) is 4.45. The van der Waals surface area contributed by atoms with Crippen molar-refractivity contribution in [1.82, 2.24) is 15.0 Å². The van der Waals surface area contributed by atoms with Crippen LogP contribution in [0.4, 0.5) is 16.2 Å². The number of halogens is 1.